The number of hydrogen-bond donors (Lipinski definition) is 3. The number of amides is 1. The maximum Gasteiger partial charge on any atom is 0.258 e. The fraction of sp³-hybridized carbons (Fsp3) is 0.500. The molecule has 110 valence electrons. The van der Waals surface area contributed by atoms with Crippen molar-refractivity contribution in [2.75, 3.05) is 13.2 Å². The molecule has 1 aromatic rings. The third-order valence-corrected chi connectivity index (χ3v) is 3.45. The summed E-state index contributed by atoms with van der Waals surface area (Å²) in [5, 5.41) is 21.4. The molecule has 0 unspecified atom stereocenters. The van der Waals surface area contributed by atoms with Crippen molar-refractivity contribution in [1.29, 1.82) is 0 Å². The molecular weight excluding hydrogens is 265 g/mol. The van der Waals surface area contributed by atoms with Crippen LogP contribution < -0.4 is 10.1 Å². The van der Waals surface area contributed by atoms with Crippen molar-refractivity contribution in [3.8, 4) is 5.75 Å². The Bertz CT molecular complexity index is 468. The zero-order valence-corrected chi connectivity index (χ0v) is 11.0. The number of carbonyl (C=O) groups excluding carboxylic acids is 1. The van der Waals surface area contributed by atoms with Crippen LogP contribution in [0.3, 0.4) is 0 Å². The van der Waals surface area contributed by atoms with Gasteiger partial charge in [-0.1, -0.05) is 12.1 Å². The molecule has 3 atom stereocenters. The molecular formula is C14H18FNO4. The second-order valence-electron chi connectivity index (χ2n) is 4.96. The average Bonchev–Trinajstić information content (AvgIpc) is 2.77. The van der Waals surface area contributed by atoms with Gasteiger partial charge in [-0.15, -0.1) is 0 Å². The predicted molar refractivity (Wildman–Crippen MR) is 69.6 cm³/mol. The van der Waals surface area contributed by atoms with E-state index in [1.54, 1.807) is 6.07 Å². The number of para-hydroxylation sites is 1. The molecule has 5 nitrogen and oxygen atoms in total. The zero-order valence-electron chi connectivity index (χ0n) is 11.0. The van der Waals surface area contributed by atoms with Crippen LogP contribution in [-0.4, -0.2) is 41.5 Å². The number of halogens is 1. The molecule has 0 spiro atoms. The second-order valence-corrected chi connectivity index (χ2v) is 4.96. The first kappa shape index (κ1) is 14.7. The highest BCUT2D eigenvalue weighted by Gasteiger charge is 2.33. The molecule has 2 rings (SSSR count). The van der Waals surface area contributed by atoms with Crippen LogP contribution in [-0.2, 0) is 4.79 Å². The van der Waals surface area contributed by atoms with Crippen molar-refractivity contribution in [3.05, 3.63) is 30.1 Å². The number of rotatable bonds is 5. The molecule has 0 aromatic heterocycles. The molecule has 1 aliphatic carbocycles. The third-order valence-electron chi connectivity index (χ3n) is 3.45. The van der Waals surface area contributed by atoms with Crippen LogP contribution in [0.2, 0.25) is 0 Å². The molecule has 1 fully saturated rings. The fourth-order valence-corrected chi connectivity index (χ4v) is 2.39. The van der Waals surface area contributed by atoms with Crippen molar-refractivity contribution in [3.63, 3.8) is 0 Å². The first-order valence-electron chi connectivity index (χ1n) is 6.55. The van der Waals surface area contributed by atoms with Crippen LogP contribution >= 0.6 is 0 Å². The van der Waals surface area contributed by atoms with Gasteiger partial charge in [-0.3, -0.25) is 4.79 Å². The molecule has 0 saturated heterocycles. The average molecular weight is 283 g/mol. The van der Waals surface area contributed by atoms with Gasteiger partial charge in [0.05, 0.1) is 6.10 Å². The van der Waals surface area contributed by atoms with Gasteiger partial charge in [0.2, 0.25) is 0 Å². The number of hydrogen-bond acceptors (Lipinski definition) is 4. The molecule has 0 radical (unpaired) electrons. The number of benzene rings is 1. The maximum atomic E-state index is 13.3. The highest BCUT2D eigenvalue weighted by atomic mass is 19.1. The van der Waals surface area contributed by atoms with Gasteiger partial charge >= 0.3 is 0 Å². The van der Waals surface area contributed by atoms with Gasteiger partial charge in [-0.05, 0) is 25.0 Å². The van der Waals surface area contributed by atoms with E-state index in [0.29, 0.717) is 12.8 Å². The van der Waals surface area contributed by atoms with E-state index in [4.69, 9.17) is 9.84 Å². The summed E-state index contributed by atoms with van der Waals surface area (Å²) in [5.41, 5.74) is 0. The van der Waals surface area contributed by atoms with Crippen LogP contribution in [0.4, 0.5) is 4.39 Å². The van der Waals surface area contributed by atoms with Crippen LogP contribution in [0.1, 0.15) is 12.8 Å². The minimum absolute atomic E-state index is 0.0299. The standard InChI is InChI=1S/C14H18FNO4/c15-11-3-1-2-4-13(11)20-8-14(19)16-10-5-9(7-17)12(18)6-10/h1-4,9-10,12,17-18H,5-8H2,(H,16,19)/t9-,10-,12+/m0/s1. The van der Waals surface area contributed by atoms with Crippen molar-refractivity contribution >= 4 is 5.91 Å². The molecule has 6 heteroatoms. The molecule has 3 N–H and O–H groups in total. The summed E-state index contributed by atoms with van der Waals surface area (Å²) in [7, 11) is 0. The lowest BCUT2D eigenvalue weighted by atomic mass is 10.1. The van der Waals surface area contributed by atoms with Crippen molar-refractivity contribution in [2.24, 2.45) is 5.92 Å². The smallest absolute Gasteiger partial charge is 0.258 e. The van der Waals surface area contributed by atoms with E-state index < -0.39 is 11.9 Å². The number of aliphatic hydroxyl groups is 2. The number of carbonyl (C=O) groups is 1. The van der Waals surface area contributed by atoms with E-state index in [2.05, 4.69) is 5.32 Å². The van der Waals surface area contributed by atoms with Crippen LogP contribution in [0.15, 0.2) is 24.3 Å². The Morgan fingerprint density at radius 2 is 2.15 bits per heavy atom. The lowest BCUT2D eigenvalue weighted by molar-refractivity contribution is -0.123. The Morgan fingerprint density at radius 1 is 1.40 bits per heavy atom. The number of ether oxygens (including phenoxy) is 1. The highest BCUT2D eigenvalue weighted by molar-refractivity contribution is 5.77. The Kier molecular flexibility index (Phi) is 4.92. The first-order chi connectivity index (χ1) is 9.60. The summed E-state index contributed by atoms with van der Waals surface area (Å²) in [6, 6.07) is 5.68. The molecule has 0 bridgehead atoms. The summed E-state index contributed by atoms with van der Waals surface area (Å²) < 4.78 is 18.4. The highest BCUT2D eigenvalue weighted by Crippen LogP contribution is 2.25. The van der Waals surface area contributed by atoms with Gasteiger partial charge in [0.25, 0.3) is 5.91 Å². The largest absolute Gasteiger partial charge is 0.481 e. The van der Waals surface area contributed by atoms with Crippen molar-refractivity contribution < 1.29 is 24.1 Å². The van der Waals surface area contributed by atoms with Gasteiger partial charge < -0.3 is 20.3 Å². The first-order valence-corrected chi connectivity index (χ1v) is 6.55. The van der Waals surface area contributed by atoms with E-state index >= 15 is 0 Å². The molecule has 1 aliphatic rings. The zero-order chi connectivity index (χ0) is 14.5. The Balaban J connectivity index is 1.78. The van der Waals surface area contributed by atoms with Crippen molar-refractivity contribution in [1.82, 2.24) is 5.32 Å². The lowest BCUT2D eigenvalue weighted by Crippen LogP contribution is -2.36. The van der Waals surface area contributed by atoms with Crippen LogP contribution in [0, 0.1) is 11.7 Å². The molecule has 1 saturated carbocycles. The topological polar surface area (TPSA) is 78.8 Å². The number of aliphatic hydroxyl groups excluding tert-OH is 2. The Morgan fingerprint density at radius 3 is 2.80 bits per heavy atom. The van der Waals surface area contributed by atoms with Crippen molar-refractivity contribution in [2.45, 2.75) is 25.0 Å². The summed E-state index contributed by atoms with van der Waals surface area (Å²) in [6.45, 7) is -0.378. The van der Waals surface area contributed by atoms with Gasteiger partial charge in [0.15, 0.2) is 18.2 Å². The quantitative estimate of drug-likeness (QED) is 0.733. The second kappa shape index (κ2) is 6.67. The molecule has 1 aromatic carbocycles. The summed E-state index contributed by atoms with van der Waals surface area (Å²) >= 11 is 0. The van der Waals surface area contributed by atoms with E-state index in [-0.39, 0.29) is 36.8 Å². The van der Waals surface area contributed by atoms with Gasteiger partial charge in [0, 0.05) is 18.6 Å². The Labute approximate surface area is 116 Å². The maximum absolute atomic E-state index is 13.3. The van der Waals surface area contributed by atoms with Crippen LogP contribution in [0.25, 0.3) is 0 Å². The van der Waals surface area contributed by atoms with E-state index in [0.717, 1.165) is 0 Å². The van der Waals surface area contributed by atoms with Gasteiger partial charge in [0.1, 0.15) is 0 Å². The van der Waals surface area contributed by atoms with E-state index in [1.807, 2.05) is 0 Å². The molecule has 20 heavy (non-hydrogen) atoms. The summed E-state index contributed by atoms with van der Waals surface area (Å²) in [4.78, 5) is 11.7. The molecule has 1 amide bonds. The summed E-state index contributed by atoms with van der Waals surface area (Å²) in [6.07, 6.45) is 0.345. The Hall–Kier alpha value is -1.66. The predicted octanol–water partition coefficient (Wildman–Crippen LogP) is 0.452. The van der Waals surface area contributed by atoms with E-state index in [9.17, 15) is 14.3 Å². The SMILES string of the molecule is O=C(COc1ccccc1F)N[C@H]1C[C@@H](CO)[C@H](O)C1. The fourth-order valence-electron chi connectivity index (χ4n) is 2.39. The van der Waals surface area contributed by atoms with Crippen LogP contribution in [0.5, 0.6) is 5.75 Å². The third kappa shape index (κ3) is 3.68. The molecule has 0 heterocycles. The number of nitrogens with one attached hydrogen (secondary N) is 1. The molecule has 0 aliphatic heterocycles. The minimum atomic E-state index is -0.599. The van der Waals surface area contributed by atoms with Gasteiger partial charge in [-0.2, -0.15) is 0 Å². The normalized spacial score (nSPS) is 25.4. The van der Waals surface area contributed by atoms with Gasteiger partial charge in [-0.25, -0.2) is 4.39 Å². The van der Waals surface area contributed by atoms with E-state index in [1.165, 1.54) is 18.2 Å². The minimum Gasteiger partial charge on any atom is -0.481 e. The monoisotopic (exact) mass is 283 g/mol. The lowest BCUT2D eigenvalue weighted by Gasteiger charge is -2.13. The summed E-state index contributed by atoms with van der Waals surface area (Å²) in [5.74, 6) is -1.06.